The second-order valence-corrected chi connectivity index (χ2v) is 8.18. The van der Waals surface area contributed by atoms with Crippen LogP contribution in [0.25, 0.3) is 11.3 Å². The first-order valence-corrected chi connectivity index (χ1v) is 9.89. The standard InChI is InChI=1S/C22H29N3O/c1-16-14-25(12-11-22(16,26)19-9-6-10-19)15-21-23-17(2)13-20(24-21)18-7-4-3-5-8-18/h3-5,7-8,13,16,19,26H,6,9-12,14-15H2,1-2H3/t16-,22+/m1/s1. The van der Waals surface area contributed by atoms with E-state index in [9.17, 15) is 5.11 Å². The van der Waals surface area contributed by atoms with Gasteiger partial charge in [0.2, 0.25) is 0 Å². The fourth-order valence-corrected chi connectivity index (χ4v) is 4.54. The number of aryl methyl sites for hydroxylation is 1. The molecule has 2 fully saturated rings. The van der Waals surface area contributed by atoms with Crippen LogP contribution in [0, 0.1) is 18.8 Å². The van der Waals surface area contributed by atoms with E-state index >= 15 is 0 Å². The van der Waals surface area contributed by atoms with Gasteiger partial charge in [0.05, 0.1) is 17.8 Å². The lowest BCUT2D eigenvalue weighted by atomic mass is 9.65. The molecule has 0 amide bonds. The smallest absolute Gasteiger partial charge is 0.143 e. The number of nitrogens with zero attached hydrogens (tertiary/aromatic N) is 3. The van der Waals surface area contributed by atoms with E-state index in [-0.39, 0.29) is 0 Å². The summed E-state index contributed by atoms with van der Waals surface area (Å²) in [6.45, 7) is 6.84. The third-order valence-electron chi connectivity index (χ3n) is 6.36. The van der Waals surface area contributed by atoms with Gasteiger partial charge in [-0.2, -0.15) is 0 Å². The lowest BCUT2D eigenvalue weighted by Gasteiger charge is -2.50. The Kier molecular flexibility index (Phi) is 4.80. The predicted molar refractivity (Wildman–Crippen MR) is 104 cm³/mol. The van der Waals surface area contributed by atoms with Gasteiger partial charge in [0.25, 0.3) is 0 Å². The average molecular weight is 351 g/mol. The molecule has 2 atom stereocenters. The van der Waals surface area contributed by atoms with Crippen LogP contribution in [0.1, 0.15) is 44.1 Å². The van der Waals surface area contributed by atoms with Crippen molar-refractivity contribution in [3.8, 4) is 11.3 Å². The highest BCUT2D eigenvalue weighted by molar-refractivity contribution is 5.58. The summed E-state index contributed by atoms with van der Waals surface area (Å²) in [5, 5.41) is 11.1. The second-order valence-electron chi connectivity index (χ2n) is 8.18. The number of likely N-dealkylation sites (tertiary alicyclic amines) is 1. The first-order valence-electron chi connectivity index (χ1n) is 9.89. The average Bonchev–Trinajstić information content (AvgIpc) is 2.57. The van der Waals surface area contributed by atoms with E-state index in [0.717, 1.165) is 48.8 Å². The largest absolute Gasteiger partial charge is 0.389 e. The summed E-state index contributed by atoms with van der Waals surface area (Å²) in [7, 11) is 0. The van der Waals surface area contributed by atoms with Crippen LogP contribution in [0.2, 0.25) is 0 Å². The van der Waals surface area contributed by atoms with Crippen LogP contribution in [-0.4, -0.2) is 38.7 Å². The summed E-state index contributed by atoms with van der Waals surface area (Å²) >= 11 is 0. The SMILES string of the molecule is Cc1cc(-c2ccccc2)nc(CN2CC[C@@](O)(C3CCC3)[C@H](C)C2)n1. The normalized spacial score (nSPS) is 27.3. The molecule has 4 heteroatoms. The number of aliphatic hydroxyl groups is 1. The van der Waals surface area contributed by atoms with E-state index < -0.39 is 5.60 Å². The number of benzene rings is 1. The fraction of sp³-hybridized carbons (Fsp3) is 0.545. The molecule has 138 valence electrons. The molecule has 2 heterocycles. The van der Waals surface area contributed by atoms with Crippen molar-refractivity contribution in [2.75, 3.05) is 13.1 Å². The van der Waals surface area contributed by atoms with Gasteiger partial charge in [0.15, 0.2) is 0 Å². The highest BCUT2D eigenvalue weighted by Crippen LogP contribution is 2.44. The zero-order chi connectivity index (χ0) is 18.1. The summed E-state index contributed by atoms with van der Waals surface area (Å²) < 4.78 is 0. The van der Waals surface area contributed by atoms with Gasteiger partial charge in [0, 0.05) is 24.3 Å². The Hall–Kier alpha value is -1.78. The Morgan fingerprint density at radius 3 is 2.62 bits per heavy atom. The van der Waals surface area contributed by atoms with E-state index in [2.05, 4.69) is 28.9 Å². The lowest BCUT2D eigenvalue weighted by Crippen LogP contribution is -2.56. The molecular weight excluding hydrogens is 322 g/mol. The first-order chi connectivity index (χ1) is 12.5. The number of rotatable bonds is 4. The number of hydrogen-bond acceptors (Lipinski definition) is 4. The van der Waals surface area contributed by atoms with Crippen LogP contribution in [0.15, 0.2) is 36.4 Å². The Labute approximate surface area is 156 Å². The molecule has 2 aromatic rings. The number of hydrogen-bond donors (Lipinski definition) is 1. The van der Waals surface area contributed by atoms with Crippen molar-refractivity contribution in [1.82, 2.24) is 14.9 Å². The van der Waals surface area contributed by atoms with Gasteiger partial charge >= 0.3 is 0 Å². The Bertz CT molecular complexity index is 759. The van der Waals surface area contributed by atoms with Gasteiger partial charge in [-0.1, -0.05) is 43.7 Å². The fourth-order valence-electron chi connectivity index (χ4n) is 4.54. The first kappa shape index (κ1) is 17.6. The molecule has 1 aliphatic carbocycles. The molecule has 1 aromatic carbocycles. The van der Waals surface area contributed by atoms with Crippen molar-refractivity contribution in [2.45, 2.75) is 51.7 Å². The van der Waals surface area contributed by atoms with E-state index in [1.165, 1.54) is 19.3 Å². The molecule has 26 heavy (non-hydrogen) atoms. The maximum Gasteiger partial charge on any atom is 0.143 e. The zero-order valence-corrected chi connectivity index (χ0v) is 15.9. The molecular formula is C22H29N3O. The van der Waals surface area contributed by atoms with Crippen molar-refractivity contribution in [3.05, 3.63) is 47.9 Å². The van der Waals surface area contributed by atoms with Crippen LogP contribution in [0.4, 0.5) is 0 Å². The third-order valence-corrected chi connectivity index (χ3v) is 6.36. The van der Waals surface area contributed by atoms with E-state index in [4.69, 9.17) is 4.98 Å². The molecule has 0 spiro atoms. The molecule has 4 nitrogen and oxygen atoms in total. The van der Waals surface area contributed by atoms with Gasteiger partial charge in [0.1, 0.15) is 5.82 Å². The highest BCUT2D eigenvalue weighted by atomic mass is 16.3. The van der Waals surface area contributed by atoms with Gasteiger partial charge in [-0.05, 0) is 44.1 Å². The minimum atomic E-state index is -0.461. The molecule has 2 aliphatic rings. The van der Waals surface area contributed by atoms with Gasteiger partial charge in [-0.3, -0.25) is 4.90 Å². The molecule has 4 rings (SSSR count). The van der Waals surface area contributed by atoms with Crippen LogP contribution in [0.3, 0.4) is 0 Å². The Morgan fingerprint density at radius 1 is 1.19 bits per heavy atom. The molecule has 1 N–H and O–H groups in total. The topological polar surface area (TPSA) is 49.2 Å². The lowest BCUT2D eigenvalue weighted by molar-refractivity contribution is -0.128. The maximum atomic E-state index is 11.1. The van der Waals surface area contributed by atoms with Gasteiger partial charge < -0.3 is 5.11 Å². The molecule has 1 aromatic heterocycles. The molecule has 1 aliphatic heterocycles. The second kappa shape index (κ2) is 7.09. The number of aromatic nitrogens is 2. The molecule has 0 bridgehead atoms. The van der Waals surface area contributed by atoms with Crippen molar-refractivity contribution >= 4 is 0 Å². The van der Waals surface area contributed by atoms with Crippen molar-refractivity contribution in [3.63, 3.8) is 0 Å². The summed E-state index contributed by atoms with van der Waals surface area (Å²) in [6.07, 6.45) is 4.55. The van der Waals surface area contributed by atoms with Crippen LogP contribution >= 0.6 is 0 Å². The predicted octanol–water partition coefficient (Wildman–Crippen LogP) is 3.83. The summed E-state index contributed by atoms with van der Waals surface area (Å²) in [5.41, 5.74) is 2.66. The van der Waals surface area contributed by atoms with E-state index in [0.29, 0.717) is 11.8 Å². The summed E-state index contributed by atoms with van der Waals surface area (Å²) in [5.74, 6) is 1.70. The molecule has 0 unspecified atom stereocenters. The zero-order valence-electron chi connectivity index (χ0n) is 15.9. The highest BCUT2D eigenvalue weighted by Gasteiger charge is 2.46. The van der Waals surface area contributed by atoms with Crippen molar-refractivity contribution in [2.24, 2.45) is 11.8 Å². The van der Waals surface area contributed by atoms with Crippen molar-refractivity contribution in [1.29, 1.82) is 0 Å². The van der Waals surface area contributed by atoms with Crippen molar-refractivity contribution < 1.29 is 5.11 Å². The minimum absolute atomic E-state index is 0.306. The van der Waals surface area contributed by atoms with Gasteiger partial charge in [-0.15, -0.1) is 0 Å². The van der Waals surface area contributed by atoms with Crippen LogP contribution in [-0.2, 0) is 6.54 Å². The van der Waals surface area contributed by atoms with Crippen LogP contribution < -0.4 is 0 Å². The minimum Gasteiger partial charge on any atom is -0.389 e. The van der Waals surface area contributed by atoms with Gasteiger partial charge in [-0.25, -0.2) is 9.97 Å². The Morgan fingerprint density at radius 2 is 1.96 bits per heavy atom. The van der Waals surface area contributed by atoms with E-state index in [1.54, 1.807) is 0 Å². The Balaban J connectivity index is 1.47. The van der Waals surface area contributed by atoms with E-state index in [1.807, 2.05) is 31.2 Å². The van der Waals surface area contributed by atoms with Crippen LogP contribution in [0.5, 0.6) is 0 Å². The monoisotopic (exact) mass is 351 g/mol. The molecule has 1 saturated carbocycles. The summed E-state index contributed by atoms with van der Waals surface area (Å²) in [4.78, 5) is 11.9. The molecule has 0 radical (unpaired) electrons. The summed E-state index contributed by atoms with van der Waals surface area (Å²) in [6, 6.07) is 12.3. The number of piperidine rings is 1. The molecule has 1 saturated heterocycles. The third kappa shape index (κ3) is 3.40. The maximum absolute atomic E-state index is 11.1. The quantitative estimate of drug-likeness (QED) is 0.910.